The van der Waals surface area contributed by atoms with Crippen LogP contribution in [-0.2, 0) is 16.5 Å². The highest BCUT2D eigenvalue weighted by Gasteiger charge is 2.57. The van der Waals surface area contributed by atoms with Gasteiger partial charge in [-0.3, -0.25) is 9.67 Å². The number of aryl methyl sites for hydroxylation is 1. The summed E-state index contributed by atoms with van der Waals surface area (Å²) in [5, 5.41) is 8.14. The molecule has 29 heavy (non-hydrogen) atoms. The van der Waals surface area contributed by atoms with Gasteiger partial charge in [0, 0.05) is 50.0 Å². The second-order valence-electron chi connectivity index (χ2n) is 8.37. The van der Waals surface area contributed by atoms with Crippen LogP contribution in [0.3, 0.4) is 0 Å². The Bertz CT molecular complexity index is 688. The van der Waals surface area contributed by atoms with Gasteiger partial charge in [0.2, 0.25) is 0 Å². The van der Waals surface area contributed by atoms with Crippen LogP contribution in [0.25, 0.3) is 0 Å². The summed E-state index contributed by atoms with van der Waals surface area (Å²) in [4.78, 5) is 7.21. The Morgan fingerprint density at radius 3 is 2.83 bits per heavy atom. The molecule has 3 atom stereocenters. The van der Waals surface area contributed by atoms with Gasteiger partial charge in [-0.2, -0.15) is 5.10 Å². The molecule has 164 valence electrons. The topological polar surface area (TPSA) is 63.9 Å². The zero-order valence-corrected chi connectivity index (χ0v) is 20.3. The first kappa shape index (κ1) is 22.8. The summed E-state index contributed by atoms with van der Waals surface area (Å²) in [6.07, 6.45) is 10.7. The van der Waals surface area contributed by atoms with E-state index in [0.717, 1.165) is 44.2 Å². The molecule has 1 N–H and O–H groups in total. The minimum atomic E-state index is 0. The molecule has 2 heterocycles. The van der Waals surface area contributed by atoms with Crippen LogP contribution in [-0.4, -0.2) is 65.6 Å². The van der Waals surface area contributed by atoms with Crippen molar-refractivity contribution < 1.29 is 9.47 Å². The highest BCUT2D eigenvalue weighted by Crippen LogP contribution is 2.54. The Hall–Kier alpha value is -0.870. The number of hydrogen-bond acceptors (Lipinski definition) is 4. The summed E-state index contributed by atoms with van der Waals surface area (Å²) in [6, 6.07) is 0.469. The number of nitrogens with zero attached hydrogens (tertiary/aromatic N) is 4. The summed E-state index contributed by atoms with van der Waals surface area (Å²) in [5.41, 5.74) is 1.44. The molecule has 0 radical (unpaired) electrons. The van der Waals surface area contributed by atoms with E-state index in [0.29, 0.717) is 24.2 Å². The molecule has 7 nitrogen and oxygen atoms in total. The van der Waals surface area contributed by atoms with Gasteiger partial charge < -0.3 is 19.7 Å². The molecule has 1 aliphatic heterocycles. The van der Waals surface area contributed by atoms with E-state index >= 15 is 0 Å². The van der Waals surface area contributed by atoms with Crippen molar-refractivity contribution in [3.8, 4) is 0 Å². The van der Waals surface area contributed by atoms with Gasteiger partial charge in [0.15, 0.2) is 5.96 Å². The van der Waals surface area contributed by atoms with E-state index < -0.39 is 0 Å². The van der Waals surface area contributed by atoms with Crippen molar-refractivity contribution in [2.45, 2.75) is 64.2 Å². The molecule has 1 saturated heterocycles. The molecular formula is C21H36IN5O2. The van der Waals surface area contributed by atoms with Gasteiger partial charge in [0.25, 0.3) is 0 Å². The van der Waals surface area contributed by atoms with E-state index in [2.05, 4.69) is 29.2 Å². The Balaban J connectivity index is 0.00000240. The van der Waals surface area contributed by atoms with Gasteiger partial charge in [-0.15, -0.1) is 24.0 Å². The number of rotatable bonds is 5. The van der Waals surface area contributed by atoms with E-state index in [1.54, 1.807) is 0 Å². The quantitative estimate of drug-likeness (QED) is 0.370. The van der Waals surface area contributed by atoms with Gasteiger partial charge in [-0.25, -0.2) is 0 Å². The number of morpholine rings is 1. The van der Waals surface area contributed by atoms with E-state index in [4.69, 9.17) is 14.5 Å². The average molecular weight is 517 g/mol. The second-order valence-corrected chi connectivity index (χ2v) is 8.37. The molecule has 1 aromatic rings. The van der Waals surface area contributed by atoms with Crippen LogP contribution >= 0.6 is 24.0 Å². The number of ether oxygens (including phenoxy) is 2. The third-order valence-corrected chi connectivity index (χ3v) is 6.76. The molecule has 3 aliphatic rings. The first-order chi connectivity index (χ1) is 13.7. The molecule has 0 amide bonds. The van der Waals surface area contributed by atoms with Gasteiger partial charge in [0.05, 0.1) is 25.5 Å². The number of aliphatic imine (C=N–C) groups is 1. The van der Waals surface area contributed by atoms with Crippen LogP contribution in [0.4, 0.5) is 0 Å². The molecule has 8 heteroatoms. The normalized spacial score (nSPS) is 28.9. The van der Waals surface area contributed by atoms with Gasteiger partial charge in [0.1, 0.15) is 6.10 Å². The third kappa shape index (κ3) is 4.58. The van der Waals surface area contributed by atoms with E-state index in [1.807, 2.05) is 24.1 Å². The lowest BCUT2D eigenvalue weighted by Crippen LogP contribution is -2.65. The van der Waals surface area contributed by atoms with Crippen molar-refractivity contribution in [2.75, 3.05) is 32.8 Å². The molecule has 0 aromatic carbocycles. The molecule has 3 fully saturated rings. The van der Waals surface area contributed by atoms with Crippen LogP contribution in [0, 0.1) is 5.41 Å². The summed E-state index contributed by atoms with van der Waals surface area (Å²) < 4.78 is 13.9. The van der Waals surface area contributed by atoms with Crippen molar-refractivity contribution in [3.63, 3.8) is 0 Å². The van der Waals surface area contributed by atoms with Gasteiger partial charge >= 0.3 is 0 Å². The molecule has 1 spiro atoms. The fraction of sp³-hybridized carbons (Fsp3) is 0.810. The third-order valence-electron chi connectivity index (χ3n) is 6.76. The minimum Gasteiger partial charge on any atom is -0.378 e. The number of guanidine groups is 1. The highest BCUT2D eigenvalue weighted by atomic mass is 127. The smallest absolute Gasteiger partial charge is 0.194 e. The fourth-order valence-electron chi connectivity index (χ4n) is 5.28. The van der Waals surface area contributed by atoms with E-state index in [9.17, 15) is 0 Å². The van der Waals surface area contributed by atoms with Crippen LogP contribution < -0.4 is 5.32 Å². The van der Waals surface area contributed by atoms with Gasteiger partial charge in [-0.1, -0.05) is 12.8 Å². The van der Waals surface area contributed by atoms with Crippen LogP contribution in [0.5, 0.6) is 0 Å². The Labute approximate surface area is 191 Å². The van der Waals surface area contributed by atoms with Crippen molar-refractivity contribution in [2.24, 2.45) is 17.5 Å². The summed E-state index contributed by atoms with van der Waals surface area (Å²) in [5.74, 6) is 1.03. The molecule has 1 aromatic heterocycles. The van der Waals surface area contributed by atoms with Crippen molar-refractivity contribution >= 4 is 29.9 Å². The fourth-order valence-corrected chi connectivity index (χ4v) is 5.28. The molecular weight excluding hydrogens is 481 g/mol. The molecule has 4 rings (SSSR count). The second kappa shape index (κ2) is 9.96. The highest BCUT2D eigenvalue weighted by molar-refractivity contribution is 14.0. The van der Waals surface area contributed by atoms with Crippen molar-refractivity contribution in [1.82, 2.24) is 20.0 Å². The number of aromatic nitrogens is 2. The molecule has 2 saturated carbocycles. The van der Waals surface area contributed by atoms with E-state index in [1.165, 1.54) is 25.7 Å². The largest absolute Gasteiger partial charge is 0.378 e. The van der Waals surface area contributed by atoms with Crippen LogP contribution in [0.2, 0.25) is 0 Å². The predicted molar refractivity (Wildman–Crippen MR) is 125 cm³/mol. The van der Waals surface area contributed by atoms with Crippen LogP contribution in [0.15, 0.2) is 17.4 Å². The lowest BCUT2D eigenvalue weighted by Gasteiger charge is -2.55. The SMILES string of the molecule is CCN=C(NC1CC(OCC)C12CCCC2)N1CCOC(c2cnn(C)c2)C1.I. The van der Waals surface area contributed by atoms with Crippen molar-refractivity contribution in [3.05, 3.63) is 18.0 Å². The standard InChI is InChI=1S/C21H35N5O2.HI/c1-4-22-20(24-18-12-19(27-5-2)21(18)8-6-7-9-21)26-10-11-28-17(15-26)16-13-23-25(3)14-16;/h13-14,17-19H,4-12,15H2,1-3H3,(H,22,24);1H. The first-order valence-corrected chi connectivity index (χ1v) is 10.9. The predicted octanol–water partition coefficient (Wildman–Crippen LogP) is 3.11. The Morgan fingerprint density at radius 1 is 1.38 bits per heavy atom. The van der Waals surface area contributed by atoms with Crippen molar-refractivity contribution in [1.29, 1.82) is 0 Å². The minimum absolute atomic E-state index is 0. The zero-order valence-electron chi connectivity index (χ0n) is 18.0. The van der Waals surface area contributed by atoms with E-state index in [-0.39, 0.29) is 30.1 Å². The summed E-state index contributed by atoms with van der Waals surface area (Å²) in [6.45, 7) is 8.21. The monoisotopic (exact) mass is 517 g/mol. The lowest BCUT2D eigenvalue weighted by atomic mass is 9.60. The number of nitrogens with one attached hydrogen (secondary N) is 1. The number of halogens is 1. The maximum absolute atomic E-state index is 6.09. The maximum atomic E-state index is 6.09. The summed E-state index contributed by atoms with van der Waals surface area (Å²) >= 11 is 0. The average Bonchev–Trinajstić information content (AvgIpc) is 3.37. The Kier molecular flexibility index (Phi) is 7.83. The molecule has 2 aliphatic carbocycles. The van der Waals surface area contributed by atoms with Crippen LogP contribution in [0.1, 0.15) is 57.6 Å². The summed E-state index contributed by atoms with van der Waals surface area (Å²) in [7, 11) is 1.95. The molecule has 3 unspecified atom stereocenters. The molecule has 0 bridgehead atoms. The number of hydrogen-bond donors (Lipinski definition) is 1. The zero-order chi connectivity index (χ0) is 19.6. The first-order valence-electron chi connectivity index (χ1n) is 10.9. The Morgan fingerprint density at radius 2 is 2.17 bits per heavy atom. The lowest BCUT2D eigenvalue weighted by molar-refractivity contribution is -0.126. The van der Waals surface area contributed by atoms with Gasteiger partial charge in [-0.05, 0) is 33.1 Å². The maximum Gasteiger partial charge on any atom is 0.194 e.